The molecule has 1 amide bonds. The van der Waals surface area contributed by atoms with Gasteiger partial charge in [0.25, 0.3) is 0 Å². The summed E-state index contributed by atoms with van der Waals surface area (Å²) in [5, 5.41) is 8.89. The molecule has 1 aromatic carbocycles. The number of nitrogens with zero attached hydrogens (tertiary/aromatic N) is 1. The first-order chi connectivity index (χ1) is 10.6. The molecule has 4 heteroatoms. The van der Waals surface area contributed by atoms with Gasteiger partial charge in [-0.1, -0.05) is 37.3 Å². The third-order valence-corrected chi connectivity index (χ3v) is 4.15. The maximum Gasteiger partial charge on any atom is 0.335 e. The number of aromatic carboxylic acids is 1. The minimum atomic E-state index is -0.964. The summed E-state index contributed by atoms with van der Waals surface area (Å²) in [6.45, 7) is 0.344. The van der Waals surface area contributed by atoms with Crippen molar-refractivity contribution in [3.63, 3.8) is 0 Å². The third-order valence-electron chi connectivity index (χ3n) is 4.15. The average molecular weight is 299 g/mol. The minimum absolute atomic E-state index is 0.0212. The summed E-state index contributed by atoms with van der Waals surface area (Å²) >= 11 is 0. The lowest BCUT2D eigenvalue weighted by atomic mass is 9.93. The molecule has 1 aliphatic rings. The van der Waals surface area contributed by atoms with E-state index in [0.29, 0.717) is 6.54 Å². The number of carbonyl (C=O) groups excluding carboxylic acids is 1. The lowest BCUT2D eigenvalue weighted by Gasteiger charge is -2.33. The molecule has 0 unspecified atom stereocenters. The van der Waals surface area contributed by atoms with Crippen LogP contribution in [0.5, 0.6) is 0 Å². The molecule has 1 fully saturated rings. The van der Waals surface area contributed by atoms with Gasteiger partial charge in [-0.25, -0.2) is 4.79 Å². The fraction of sp³-hybridized carbons (Fsp3) is 0.444. The molecule has 1 aromatic rings. The molecule has 1 saturated carbocycles. The summed E-state index contributed by atoms with van der Waals surface area (Å²) in [6, 6.07) is 6.68. The number of benzene rings is 1. The summed E-state index contributed by atoms with van der Waals surface area (Å²) in [6.07, 6.45) is 11.2. The standard InChI is InChI=1S/C18H21NO3/c1-2-12-19(16-6-4-3-5-7-16)17(20)13-14-8-10-15(11-9-14)18(21)22/h1,8-11,16H,3-7,12-13H2,(H,21,22). The van der Waals surface area contributed by atoms with Crippen LogP contribution in [0.4, 0.5) is 0 Å². The van der Waals surface area contributed by atoms with Gasteiger partial charge in [-0.3, -0.25) is 4.79 Å². The second-order valence-corrected chi connectivity index (χ2v) is 5.70. The molecule has 4 nitrogen and oxygen atoms in total. The molecule has 116 valence electrons. The van der Waals surface area contributed by atoms with Gasteiger partial charge in [0.1, 0.15) is 0 Å². The molecule has 0 heterocycles. The van der Waals surface area contributed by atoms with Crippen LogP contribution >= 0.6 is 0 Å². The van der Waals surface area contributed by atoms with Crippen molar-refractivity contribution >= 4 is 11.9 Å². The highest BCUT2D eigenvalue weighted by atomic mass is 16.4. The van der Waals surface area contributed by atoms with E-state index >= 15 is 0 Å². The van der Waals surface area contributed by atoms with E-state index in [1.807, 2.05) is 4.90 Å². The Morgan fingerprint density at radius 2 is 1.82 bits per heavy atom. The van der Waals surface area contributed by atoms with E-state index in [9.17, 15) is 9.59 Å². The van der Waals surface area contributed by atoms with E-state index < -0.39 is 5.97 Å². The second-order valence-electron chi connectivity index (χ2n) is 5.70. The van der Waals surface area contributed by atoms with E-state index in [2.05, 4.69) is 5.92 Å². The predicted molar refractivity (Wildman–Crippen MR) is 84.5 cm³/mol. The van der Waals surface area contributed by atoms with E-state index in [4.69, 9.17) is 11.5 Å². The van der Waals surface area contributed by atoms with Crippen molar-refractivity contribution in [3.05, 3.63) is 35.4 Å². The Kier molecular flexibility index (Phi) is 5.60. The zero-order chi connectivity index (χ0) is 15.9. The molecule has 0 aromatic heterocycles. The Labute approximate surface area is 131 Å². The molecular formula is C18H21NO3. The van der Waals surface area contributed by atoms with Gasteiger partial charge in [0.15, 0.2) is 0 Å². The quantitative estimate of drug-likeness (QED) is 0.851. The van der Waals surface area contributed by atoms with Crippen LogP contribution in [0, 0.1) is 12.3 Å². The average Bonchev–Trinajstić information content (AvgIpc) is 2.53. The Morgan fingerprint density at radius 1 is 1.18 bits per heavy atom. The highest BCUT2D eigenvalue weighted by molar-refractivity contribution is 5.87. The van der Waals surface area contributed by atoms with Gasteiger partial charge in [0, 0.05) is 6.04 Å². The Hall–Kier alpha value is -2.28. The van der Waals surface area contributed by atoms with E-state index in [1.165, 1.54) is 18.6 Å². The highest BCUT2D eigenvalue weighted by Gasteiger charge is 2.24. The van der Waals surface area contributed by atoms with Gasteiger partial charge in [-0.2, -0.15) is 0 Å². The predicted octanol–water partition coefficient (Wildman–Crippen LogP) is 2.72. The summed E-state index contributed by atoms with van der Waals surface area (Å²) in [7, 11) is 0. The van der Waals surface area contributed by atoms with Crippen LogP contribution in [0.15, 0.2) is 24.3 Å². The molecule has 0 radical (unpaired) electrons. The molecule has 2 rings (SSSR count). The normalized spacial score (nSPS) is 15.0. The van der Waals surface area contributed by atoms with Crippen LogP contribution < -0.4 is 0 Å². The van der Waals surface area contributed by atoms with Gasteiger partial charge in [-0.15, -0.1) is 6.42 Å². The largest absolute Gasteiger partial charge is 0.478 e. The number of amides is 1. The van der Waals surface area contributed by atoms with Crippen LogP contribution in [0.25, 0.3) is 0 Å². The highest BCUT2D eigenvalue weighted by Crippen LogP contribution is 2.23. The first kappa shape index (κ1) is 16.1. The van der Waals surface area contributed by atoms with E-state index in [1.54, 1.807) is 12.1 Å². The first-order valence-corrected chi connectivity index (χ1v) is 7.67. The van der Waals surface area contributed by atoms with E-state index in [0.717, 1.165) is 31.2 Å². The van der Waals surface area contributed by atoms with Gasteiger partial charge in [0.2, 0.25) is 5.91 Å². The number of carboxylic acids is 1. The third kappa shape index (κ3) is 4.11. The Balaban J connectivity index is 2.04. The van der Waals surface area contributed by atoms with Crippen molar-refractivity contribution in [2.45, 2.75) is 44.6 Å². The summed E-state index contributed by atoms with van der Waals surface area (Å²) < 4.78 is 0. The SMILES string of the molecule is C#CCN(C(=O)Cc1ccc(C(=O)O)cc1)C1CCCCC1. The monoisotopic (exact) mass is 299 g/mol. The van der Waals surface area contributed by atoms with Crippen LogP contribution in [0.2, 0.25) is 0 Å². The molecule has 22 heavy (non-hydrogen) atoms. The van der Waals surface area contributed by atoms with Gasteiger partial charge in [0.05, 0.1) is 18.5 Å². The van der Waals surface area contributed by atoms with Crippen molar-refractivity contribution in [3.8, 4) is 12.3 Å². The molecule has 0 atom stereocenters. The van der Waals surface area contributed by atoms with Crippen LogP contribution in [-0.2, 0) is 11.2 Å². The molecule has 1 N–H and O–H groups in total. The fourth-order valence-corrected chi connectivity index (χ4v) is 2.95. The van der Waals surface area contributed by atoms with Crippen LogP contribution in [0.3, 0.4) is 0 Å². The number of carboxylic acid groups (broad SMARTS) is 1. The second kappa shape index (κ2) is 7.65. The van der Waals surface area contributed by atoms with Crippen molar-refractivity contribution in [2.24, 2.45) is 0 Å². The zero-order valence-electron chi connectivity index (χ0n) is 12.6. The lowest BCUT2D eigenvalue weighted by Crippen LogP contribution is -2.42. The zero-order valence-corrected chi connectivity index (χ0v) is 12.6. The lowest BCUT2D eigenvalue weighted by molar-refractivity contribution is -0.132. The molecular weight excluding hydrogens is 278 g/mol. The Morgan fingerprint density at radius 3 is 2.36 bits per heavy atom. The molecule has 1 aliphatic carbocycles. The van der Waals surface area contributed by atoms with Gasteiger partial charge in [-0.05, 0) is 30.5 Å². The number of terminal acetylenes is 1. The topological polar surface area (TPSA) is 57.6 Å². The molecule has 0 spiro atoms. The maximum absolute atomic E-state index is 12.5. The summed E-state index contributed by atoms with van der Waals surface area (Å²) in [5.41, 5.74) is 1.04. The number of carbonyl (C=O) groups is 2. The summed E-state index contributed by atoms with van der Waals surface area (Å²) in [4.78, 5) is 25.2. The number of hydrogen-bond acceptors (Lipinski definition) is 2. The smallest absolute Gasteiger partial charge is 0.335 e. The maximum atomic E-state index is 12.5. The van der Waals surface area contributed by atoms with Gasteiger partial charge >= 0.3 is 5.97 Å². The number of rotatable bonds is 5. The van der Waals surface area contributed by atoms with Crippen LogP contribution in [0.1, 0.15) is 48.0 Å². The molecule has 0 saturated heterocycles. The van der Waals surface area contributed by atoms with Crippen molar-refractivity contribution in [1.82, 2.24) is 4.90 Å². The van der Waals surface area contributed by atoms with Crippen LogP contribution in [-0.4, -0.2) is 34.5 Å². The van der Waals surface area contributed by atoms with Crippen molar-refractivity contribution in [1.29, 1.82) is 0 Å². The first-order valence-electron chi connectivity index (χ1n) is 7.67. The number of hydrogen-bond donors (Lipinski definition) is 1. The Bertz CT molecular complexity index is 565. The van der Waals surface area contributed by atoms with Crippen molar-refractivity contribution in [2.75, 3.05) is 6.54 Å². The minimum Gasteiger partial charge on any atom is -0.478 e. The molecule has 0 aliphatic heterocycles. The van der Waals surface area contributed by atoms with Crippen molar-refractivity contribution < 1.29 is 14.7 Å². The summed E-state index contributed by atoms with van der Waals surface area (Å²) in [5.74, 6) is 1.64. The van der Waals surface area contributed by atoms with Gasteiger partial charge < -0.3 is 10.0 Å². The fourth-order valence-electron chi connectivity index (χ4n) is 2.95. The molecule has 0 bridgehead atoms. The van der Waals surface area contributed by atoms with E-state index in [-0.39, 0.29) is 23.9 Å².